The van der Waals surface area contributed by atoms with E-state index >= 15 is 0 Å². The number of fused-ring (bicyclic) bond motifs is 1. The molecule has 0 spiro atoms. The first-order valence-corrected chi connectivity index (χ1v) is 11.2. The van der Waals surface area contributed by atoms with Crippen LogP contribution in [0.2, 0.25) is 0 Å². The van der Waals surface area contributed by atoms with Crippen LogP contribution in [0, 0.1) is 0 Å². The molecule has 2 aliphatic heterocycles. The van der Waals surface area contributed by atoms with Crippen molar-refractivity contribution in [1.29, 1.82) is 0 Å². The number of β-lactam (4-membered cyclic amide) rings is 1. The zero-order chi connectivity index (χ0) is 23.6. The number of hydrogen-bond donors (Lipinski definition) is 5. The number of nitrogens with zero attached hydrogens (tertiary/aromatic N) is 3. The van der Waals surface area contributed by atoms with Gasteiger partial charge < -0.3 is 31.8 Å². The zero-order valence-electron chi connectivity index (χ0n) is 16.7. The number of thiazole rings is 1. The molecule has 2 aliphatic rings. The molecular formula is C17H20N6O7S2. The summed E-state index contributed by atoms with van der Waals surface area (Å²) in [7, 11) is 0. The van der Waals surface area contributed by atoms with Gasteiger partial charge in [0.05, 0.1) is 0 Å². The van der Waals surface area contributed by atoms with Crippen LogP contribution >= 0.6 is 23.1 Å². The number of amides is 2. The van der Waals surface area contributed by atoms with E-state index in [0.29, 0.717) is 11.3 Å². The van der Waals surface area contributed by atoms with Gasteiger partial charge in [0.2, 0.25) is 6.10 Å². The SMILES string of the molecule is CCC(ON=C(C(=O)NC1C(=O)N2C(C(=O)O)=C(CN)CS[C@@H]12)c1csc(N)n1)C(=O)O. The Hall–Kier alpha value is -3.17. The highest BCUT2D eigenvalue weighted by molar-refractivity contribution is 8.00. The predicted molar refractivity (Wildman–Crippen MR) is 115 cm³/mol. The minimum Gasteiger partial charge on any atom is -0.478 e. The van der Waals surface area contributed by atoms with Crippen molar-refractivity contribution in [3.05, 3.63) is 22.3 Å². The number of oxime groups is 1. The molecule has 32 heavy (non-hydrogen) atoms. The van der Waals surface area contributed by atoms with E-state index in [9.17, 15) is 24.3 Å². The molecule has 0 radical (unpaired) electrons. The van der Waals surface area contributed by atoms with E-state index in [2.05, 4.69) is 15.5 Å². The predicted octanol–water partition coefficient (Wildman–Crippen LogP) is -0.993. The van der Waals surface area contributed by atoms with Crippen LogP contribution < -0.4 is 16.8 Å². The molecule has 0 saturated carbocycles. The van der Waals surface area contributed by atoms with Crippen LogP contribution in [0.4, 0.5) is 5.13 Å². The van der Waals surface area contributed by atoms with Crippen molar-refractivity contribution in [3.63, 3.8) is 0 Å². The molecule has 7 N–H and O–H groups in total. The van der Waals surface area contributed by atoms with Crippen LogP contribution in [0.25, 0.3) is 0 Å². The molecule has 13 nitrogen and oxygen atoms in total. The Balaban J connectivity index is 1.82. The van der Waals surface area contributed by atoms with Crippen molar-refractivity contribution < 1.29 is 34.2 Å². The summed E-state index contributed by atoms with van der Waals surface area (Å²) < 4.78 is 0. The monoisotopic (exact) mass is 484 g/mol. The van der Waals surface area contributed by atoms with Crippen LogP contribution in [0.3, 0.4) is 0 Å². The first-order chi connectivity index (χ1) is 15.2. The van der Waals surface area contributed by atoms with Gasteiger partial charge >= 0.3 is 11.9 Å². The maximum atomic E-state index is 12.9. The van der Waals surface area contributed by atoms with Gasteiger partial charge in [0.25, 0.3) is 11.8 Å². The lowest BCUT2D eigenvalue weighted by Gasteiger charge is -2.49. The van der Waals surface area contributed by atoms with Crippen molar-refractivity contribution in [3.8, 4) is 0 Å². The topological polar surface area (TPSA) is 211 Å². The third kappa shape index (κ3) is 4.39. The number of hydrogen-bond acceptors (Lipinski definition) is 11. The van der Waals surface area contributed by atoms with Gasteiger partial charge in [-0.15, -0.1) is 23.1 Å². The van der Waals surface area contributed by atoms with Crippen molar-refractivity contribution in [1.82, 2.24) is 15.2 Å². The molecule has 1 aromatic heterocycles. The van der Waals surface area contributed by atoms with Crippen LogP contribution in [0.5, 0.6) is 0 Å². The van der Waals surface area contributed by atoms with E-state index in [0.717, 1.165) is 16.2 Å². The summed E-state index contributed by atoms with van der Waals surface area (Å²) in [5, 5.41) is 25.7. The summed E-state index contributed by atoms with van der Waals surface area (Å²) in [6.45, 7) is 1.56. The third-order valence-electron chi connectivity index (χ3n) is 4.68. The molecule has 0 aromatic carbocycles. The van der Waals surface area contributed by atoms with Crippen molar-refractivity contribution in [2.45, 2.75) is 30.9 Å². The van der Waals surface area contributed by atoms with E-state index in [1.54, 1.807) is 6.92 Å². The summed E-state index contributed by atoms with van der Waals surface area (Å²) in [4.78, 5) is 58.4. The van der Waals surface area contributed by atoms with E-state index in [-0.39, 0.29) is 35.2 Å². The minimum absolute atomic E-state index is 0.0102. The first-order valence-electron chi connectivity index (χ1n) is 9.28. The number of nitrogen functional groups attached to an aromatic ring is 1. The van der Waals surface area contributed by atoms with Crippen LogP contribution in [-0.2, 0) is 24.0 Å². The molecule has 3 heterocycles. The molecule has 3 rings (SSSR count). The number of anilines is 1. The second-order valence-corrected chi connectivity index (χ2v) is 8.67. The van der Waals surface area contributed by atoms with Gasteiger partial charge in [-0.1, -0.05) is 12.1 Å². The molecule has 1 fully saturated rings. The number of carboxylic acid groups (broad SMARTS) is 2. The molecule has 1 aromatic rings. The number of thioether (sulfide) groups is 1. The quantitative estimate of drug-likeness (QED) is 0.163. The third-order valence-corrected chi connectivity index (χ3v) is 6.69. The van der Waals surface area contributed by atoms with Crippen LogP contribution in [0.15, 0.2) is 21.8 Å². The highest BCUT2D eigenvalue weighted by atomic mass is 32.2. The maximum absolute atomic E-state index is 12.9. The number of carbonyl (C=O) groups is 4. The first kappa shape index (κ1) is 23.5. The standard InChI is InChI=1S/C17H20N6O7S2/c1-2-8(15(26)27)30-22-9(7-5-32-17(19)20-7)12(24)21-10-13(25)23-11(16(28)29)6(3-18)4-31-14(10)23/h5,8,10,14H,2-4,18H2,1H3,(H2,19,20)(H,21,24)(H,26,27)(H,28,29)/t8?,10?,14-/m0/s1. The number of carboxylic acids is 2. The Kier molecular flexibility index (Phi) is 7.00. The molecular weight excluding hydrogens is 464 g/mol. The van der Waals surface area contributed by atoms with Crippen molar-refractivity contribution >= 4 is 57.7 Å². The van der Waals surface area contributed by atoms with Crippen molar-refractivity contribution in [2.75, 3.05) is 18.0 Å². The average molecular weight is 485 g/mol. The fourth-order valence-electron chi connectivity index (χ4n) is 3.06. The molecule has 0 aliphatic carbocycles. The van der Waals surface area contributed by atoms with Gasteiger partial charge in [-0.2, -0.15) is 0 Å². The van der Waals surface area contributed by atoms with Gasteiger partial charge in [-0.3, -0.25) is 14.5 Å². The lowest BCUT2D eigenvalue weighted by molar-refractivity contribution is -0.151. The number of carbonyl (C=O) groups excluding carboxylic acids is 2. The van der Waals surface area contributed by atoms with Crippen molar-refractivity contribution in [2.24, 2.45) is 10.9 Å². The molecule has 0 bridgehead atoms. The summed E-state index contributed by atoms with van der Waals surface area (Å²) in [5.41, 5.74) is 11.1. The fourth-order valence-corrected chi connectivity index (χ4v) is 4.97. The number of aliphatic carboxylic acids is 2. The van der Waals surface area contributed by atoms with Gasteiger partial charge in [-0.25, -0.2) is 14.6 Å². The van der Waals surface area contributed by atoms with E-state index in [1.807, 2.05) is 0 Å². The highest BCUT2D eigenvalue weighted by Gasteiger charge is 2.54. The molecule has 2 amide bonds. The highest BCUT2D eigenvalue weighted by Crippen LogP contribution is 2.40. The number of nitrogens with one attached hydrogen (secondary N) is 1. The van der Waals surface area contributed by atoms with Crippen LogP contribution in [-0.4, -0.2) is 79.4 Å². The summed E-state index contributed by atoms with van der Waals surface area (Å²) >= 11 is 2.30. The lowest BCUT2D eigenvalue weighted by Crippen LogP contribution is -2.71. The molecule has 2 unspecified atom stereocenters. The Morgan fingerprint density at radius 2 is 2.16 bits per heavy atom. The maximum Gasteiger partial charge on any atom is 0.352 e. The Bertz CT molecular complexity index is 1020. The summed E-state index contributed by atoms with van der Waals surface area (Å²) in [5.74, 6) is -3.71. The molecule has 15 heteroatoms. The normalized spacial score (nSPS) is 21.5. The van der Waals surface area contributed by atoms with E-state index in [1.165, 1.54) is 17.1 Å². The number of nitrogens with two attached hydrogens (primary N) is 2. The number of rotatable bonds is 9. The van der Waals surface area contributed by atoms with Crippen LogP contribution in [0.1, 0.15) is 19.0 Å². The zero-order valence-corrected chi connectivity index (χ0v) is 18.3. The van der Waals surface area contributed by atoms with E-state index in [4.69, 9.17) is 21.4 Å². The largest absolute Gasteiger partial charge is 0.478 e. The average Bonchev–Trinajstić information content (AvgIpc) is 3.18. The van der Waals surface area contributed by atoms with Gasteiger partial charge in [-0.05, 0) is 12.0 Å². The van der Waals surface area contributed by atoms with E-state index < -0.39 is 41.3 Å². The molecule has 172 valence electrons. The smallest absolute Gasteiger partial charge is 0.352 e. The van der Waals surface area contributed by atoms with Gasteiger partial charge in [0.15, 0.2) is 10.8 Å². The molecule has 3 atom stereocenters. The lowest BCUT2D eigenvalue weighted by atomic mass is 10.0. The van der Waals surface area contributed by atoms with Gasteiger partial charge in [0.1, 0.15) is 22.8 Å². The minimum atomic E-state index is -1.29. The Labute approximate surface area is 189 Å². The molecule has 1 saturated heterocycles. The summed E-state index contributed by atoms with van der Waals surface area (Å²) in [6, 6.07) is -1.02. The Morgan fingerprint density at radius 3 is 2.69 bits per heavy atom. The van der Waals surface area contributed by atoms with Gasteiger partial charge in [0, 0.05) is 17.7 Å². The second-order valence-electron chi connectivity index (χ2n) is 6.67. The summed E-state index contributed by atoms with van der Waals surface area (Å²) in [6.07, 6.45) is -1.20. The number of aromatic nitrogens is 1. The Morgan fingerprint density at radius 1 is 1.44 bits per heavy atom. The second kappa shape index (κ2) is 9.54. The fraction of sp³-hybridized carbons (Fsp3) is 0.412.